The number of hydrogen-bond acceptors (Lipinski definition) is 2. The van der Waals surface area contributed by atoms with E-state index in [0.29, 0.717) is 0 Å². The molecule has 0 aromatic heterocycles. The number of benzene rings is 2. The highest BCUT2D eigenvalue weighted by Gasteiger charge is 2.09. The lowest BCUT2D eigenvalue weighted by atomic mass is 10.0. The molecule has 1 heterocycles. The van der Waals surface area contributed by atoms with E-state index in [0.717, 1.165) is 19.6 Å². The lowest BCUT2D eigenvalue weighted by Crippen LogP contribution is -2.18. The van der Waals surface area contributed by atoms with Crippen molar-refractivity contribution in [2.24, 2.45) is 0 Å². The van der Waals surface area contributed by atoms with Crippen molar-refractivity contribution in [3.8, 4) is 0 Å². The number of fused-ring (bicyclic) bond motifs is 1. The summed E-state index contributed by atoms with van der Waals surface area (Å²) in [5.74, 6) is 0. The van der Waals surface area contributed by atoms with Crippen LogP contribution in [0.25, 0.3) is 0 Å². The quantitative estimate of drug-likeness (QED) is 0.911. The van der Waals surface area contributed by atoms with Crippen LogP contribution in [0.1, 0.15) is 28.7 Å². The summed E-state index contributed by atoms with van der Waals surface area (Å²) in [6.07, 6.45) is 2.45. The highest BCUT2D eigenvalue weighted by atomic mass is 15.1. The van der Waals surface area contributed by atoms with Crippen LogP contribution in [0.15, 0.2) is 42.5 Å². The van der Waals surface area contributed by atoms with Gasteiger partial charge in [0, 0.05) is 25.3 Å². The molecule has 1 aliphatic rings. The molecule has 0 fully saturated rings. The lowest BCUT2D eigenvalue weighted by Gasteiger charge is -2.21. The Balaban J connectivity index is 1.64. The molecular formula is C19H24N2. The van der Waals surface area contributed by atoms with E-state index in [4.69, 9.17) is 0 Å². The van der Waals surface area contributed by atoms with Crippen LogP contribution in [0.3, 0.4) is 0 Å². The predicted octanol–water partition coefficient (Wildman–Crippen LogP) is 3.99. The van der Waals surface area contributed by atoms with Gasteiger partial charge < -0.3 is 5.32 Å². The summed E-state index contributed by atoms with van der Waals surface area (Å²) in [4.78, 5) is 2.38. The Morgan fingerprint density at radius 3 is 2.52 bits per heavy atom. The zero-order valence-corrected chi connectivity index (χ0v) is 13.0. The highest BCUT2D eigenvalue weighted by molar-refractivity contribution is 5.54. The van der Waals surface area contributed by atoms with Gasteiger partial charge in [0.15, 0.2) is 0 Å². The molecule has 0 saturated carbocycles. The van der Waals surface area contributed by atoms with Crippen LogP contribution in [0.2, 0.25) is 0 Å². The second-order valence-corrected chi connectivity index (χ2v) is 6.18. The average Bonchev–Trinajstić information content (AvgIpc) is 2.49. The molecule has 2 nitrogen and oxygen atoms in total. The Hall–Kier alpha value is -1.80. The first-order valence-electron chi connectivity index (χ1n) is 7.80. The Morgan fingerprint density at radius 2 is 1.71 bits per heavy atom. The highest BCUT2D eigenvalue weighted by Crippen LogP contribution is 2.23. The molecule has 1 aliphatic heterocycles. The van der Waals surface area contributed by atoms with Crippen molar-refractivity contribution in [1.29, 1.82) is 0 Å². The third-order valence-corrected chi connectivity index (χ3v) is 4.13. The molecule has 0 aliphatic carbocycles. The molecule has 2 aromatic rings. The van der Waals surface area contributed by atoms with Gasteiger partial charge in [0.05, 0.1) is 0 Å². The summed E-state index contributed by atoms with van der Waals surface area (Å²) < 4.78 is 0. The molecule has 110 valence electrons. The number of nitrogens with one attached hydrogen (secondary N) is 1. The van der Waals surface area contributed by atoms with Crippen LogP contribution in [-0.2, 0) is 19.5 Å². The SMILES string of the molecule is Cc1ccc(CN(C)Cc2ccc3c(c2)CCCN3)cc1. The summed E-state index contributed by atoms with van der Waals surface area (Å²) >= 11 is 0. The minimum absolute atomic E-state index is 0.996. The molecular weight excluding hydrogens is 256 g/mol. The van der Waals surface area contributed by atoms with Gasteiger partial charge in [-0.05, 0) is 49.6 Å². The van der Waals surface area contributed by atoms with Crippen molar-refractivity contribution in [3.05, 3.63) is 64.7 Å². The molecule has 0 radical (unpaired) electrons. The van der Waals surface area contributed by atoms with Gasteiger partial charge in [-0.15, -0.1) is 0 Å². The first kappa shape index (κ1) is 14.2. The van der Waals surface area contributed by atoms with Crippen molar-refractivity contribution < 1.29 is 0 Å². The summed E-state index contributed by atoms with van der Waals surface area (Å²) in [6, 6.07) is 15.7. The Kier molecular flexibility index (Phi) is 4.26. The Bertz CT molecular complexity index is 601. The van der Waals surface area contributed by atoms with Crippen molar-refractivity contribution in [2.75, 3.05) is 18.9 Å². The first-order valence-corrected chi connectivity index (χ1v) is 7.80. The van der Waals surface area contributed by atoms with Crippen LogP contribution in [-0.4, -0.2) is 18.5 Å². The van der Waals surface area contributed by atoms with Crippen molar-refractivity contribution in [3.63, 3.8) is 0 Å². The normalized spacial score (nSPS) is 13.9. The zero-order chi connectivity index (χ0) is 14.7. The van der Waals surface area contributed by atoms with Gasteiger partial charge in [0.2, 0.25) is 0 Å². The van der Waals surface area contributed by atoms with Gasteiger partial charge in [0.25, 0.3) is 0 Å². The third-order valence-electron chi connectivity index (χ3n) is 4.13. The largest absolute Gasteiger partial charge is 0.385 e. The Morgan fingerprint density at radius 1 is 1.00 bits per heavy atom. The van der Waals surface area contributed by atoms with Crippen LogP contribution in [0.5, 0.6) is 0 Å². The van der Waals surface area contributed by atoms with E-state index in [9.17, 15) is 0 Å². The number of anilines is 1. The van der Waals surface area contributed by atoms with E-state index in [2.05, 4.69) is 66.7 Å². The van der Waals surface area contributed by atoms with Gasteiger partial charge >= 0.3 is 0 Å². The molecule has 2 heteroatoms. The van der Waals surface area contributed by atoms with Gasteiger partial charge in [-0.3, -0.25) is 4.90 Å². The third kappa shape index (κ3) is 3.64. The second kappa shape index (κ2) is 6.31. The zero-order valence-electron chi connectivity index (χ0n) is 13.0. The maximum atomic E-state index is 3.47. The number of nitrogens with zero attached hydrogens (tertiary/aromatic N) is 1. The minimum atomic E-state index is 0.996. The summed E-state index contributed by atoms with van der Waals surface area (Å²) in [7, 11) is 2.19. The average molecular weight is 280 g/mol. The predicted molar refractivity (Wildman–Crippen MR) is 89.6 cm³/mol. The topological polar surface area (TPSA) is 15.3 Å². The number of rotatable bonds is 4. The van der Waals surface area contributed by atoms with Crippen LogP contribution in [0, 0.1) is 6.92 Å². The number of hydrogen-bond donors (Lipinski definition) is 1. The maximum absolute atomic E-state index is 3.47. The van der Waals surface area contributed by atoms with E-state index in [-0.39, 0.29) is 0 Å². The summed E-state index contributed by atoms with van der Waals surface area (Å²) in [5, 5.41) is 3.47. The van der Waals surface area contributed by atoms with Crippen LogP contribution >= 0.6 is 0 Å². The molecule has 0 spiro atoms. The fraction of sp³-hybridized carbons (Fsp3) is 0.368. The molecule has 0 atom stereocenters. The summed E-state index contributed by atoms with van der Waals surface area (Å²) in [6.45, 7) is 5.24. The van der Waals surface area contributed by atoms with Crippen molar-refractivity contribution in [1.82, 2.24) is 4.90 Å². The molecule has 0 unspecified atom stereocenters. The van der Waals surface area contributed by atoms with Gasteiger partial charge in [-0.25, -0.2) is 0 Å². The molecule has 3 rings (SSSR count). The van der Waals surface area contributed by atoms with E-state index < -0.39 is 0 Å². The first-order chi connectivity index (χ1) is 10.2. The molecule has 2 aromatic carbocycles. The smallest absolute Gasteiger partial charge is 0.0372 e. The molecule has 0 amide bonds. The second-order valence-electron chi connectivity index (χ2n) is 6.18. The molecule has 0 bridgehead atoms. The van der Waals surface area contributed by atoms with E-state index in [1.165, 1.54) is 40.8 Å². The van der Waals surface area contributed by atoms with E-state index in [1.54, 1.807) is 0 Å². The standard InChI is InChI=1S/C19H24N2/c1-15-5-7-16(8-6-15)13-21(2)14-17-9-10-19-18(12-17)4-3-11-20-19/h5-10,12,20H,3-4,11,13-14H2,1-2H3. The maximum Gasteiger partial charge on any atom is 0.0372 e. The fourth-order valence-electron chi connectivity index (χ4n) is 3.00. The van der Waals surface area contributed by atoms with Crippen LogP contribution in [0.4, 0.5) is 5.69 Å². The van der Waals surface area contributed by atoms with Crippen LogP contribution < -0.4 is 5.32 Å². The van der Waals surface area contributed by atoms with E-state index >= 15 is 0 Å². The Labute approximate surface area is 127 Å². The van der Waals surface area contributed by atoms with Gasteiger partial charge in [-0.2, -0.15) is 0 Å². The monoisotopic (exact) mass is 280 g/mol. The number of aryl methyl sites for hydroxylation is 2. The molecule has 21 heavy (non-hydrogen) atoms. The van der Waals surface area contributed by atoms with Gasteiger partial charge in [-0.1, -0.05) is 42.0 Å². The molecule has 0 saturated heterocycles. The van der Waals surface area contributed by atoms with E-state index in [1.807, 2.05) is 0 Å². The van der Waals surface area contributed by atoms with Crippen molar-refractivity contribution in [2.45, 2.75) is 32.9 Å². The fourth-order valence-corrected chi connectivity index (χ4v) is 3.00. The summed E-state index contributed by atoms with van der Waals surface area (Å²) in [5.41, 5.74) is 6.91. The minimum Gasteiger partial charge on any atom is -0.385 e. The lowest BCUT2D eigenvalue weighted by molar-refractivity contribution is 0.319. The molecule has 1 N–H and O–H groups in total. The van der Waals surface area contributed by atoms with Gasteiger partial charge in [0.1, 0.15) is 0 Å². The van der Waals surface area contributed by atoms with Crippen molar-refractivity contribution >= 4 is 5.69 Å².